The Morgan fingerprint density at radius 3 is 3.07 bits per heavy atom. The molecule has 2 rings (SSSR count). The van der Waals surface area contributed by atoms with Crippen molar-refractivity contribution < 1.29 is 9.50 Å². The molecule has 14 heavy (non-hydrogen) atoms. The van der Waals surface area contributed by atoms with E-state index in [9.17, 15) is 9.50 Å². The number of hydrogen-bond donors (Lipinski definition) is 1. The van der Waals surface area contributed by atoms with Crippen LogP contribution >= 0.6 is 11.8 Å². The number of aliphatic hydroxyl groups excluding tert-OH is 1. The quantitative estimate of drug-likeness (QED) is 0.713. The fourth-order valence-corrected chi connectivity index (χ4v) is 2.95. The van der Waals surface area contributed by atoms with Crippen LogP contribution < -0.4 is 0 Å². The maximum absolute atomic E-state index is 13.1. The first-order chi connectivity index (χ1) is 6.68. The van der Waals surface area contributed by atoms with Gasteiger partial charge in [-0.3, -0.25) is 0 Å². The van der Waals surface area contributed by atoms with Crippen LogP contribution in [0.25, 0.3) is 0 Å². The first kappa shape index (κ1) is 9.99. The average molecular weight is 212 g/mol. The average Bonchev–Trinajstić information content (AvgIpc) is 2.29. The molecule has 3 heteroatoms. The molecule has 1 atom stereocenters. The van der Waals surface area contributed by atoms with Gasteiger partial charge in [0.05, 0.1) is 6.10 Å². The molecule has 0 aliphatic carbocycles. The van der Waals surface area contributed by atoms with Crippen LogP contribution in [0.1, 0.15) is 29.2 Å². The number of halogens is 1. The zero-order valence-corrected chi connectivity index (χ0v) is 8.90. The van der Waals surface area contributed by atoms with Gasteiger partial charge in [-0.05, 0) is 47.9 Å². The SMILES string of the molecule is Cc1cc(F)cc2c1CSCC[C@H]2O. The highest BCUT2D eigenvalue weighted by Gasteiger charge is 2.18. The van der Waals surface area contributed by atoms with E-state index in [2.05, 4.69) is 0 Å². The van der Waals surface area contributed by atoms with Gasteiger partial charge in [-0.1, -0.05) is 0 Å². The number of benzene rings is 1. The Bertz CT molecular complexity index is 351. The summed E-state index contributed by atoms with van der Waals surface area (Å²) in [6, 6.07) is 3.01. The van der Waals surface area contributed by atoms with Gasteiger partial charge in [0.15, 0.2) is 0 Å². The molecule has 1 heterocycles. The van der Waals surface area contributed by atoms with E-state index >= 15 is 0 Å². The fraction of sp³-hybridized carbons (Fsp3) is 0.455. The van der Waals surface area contributed by atoms with Crippen LogP contribution in [0.5, 0.6) is 0 Å². The second-order valence-electron chi connectivity index (χ2n) is 3.65. The topological polar surface area (TPSA) is 20.2 Å². The Labute approximate surface area is 87.3 Å². The highest BCUT2D eigenvalue weighted by molar-refractivity contribution is 7.98. The number of fused-ring (bicyclic) bond motifs is 1. The molecule has 1 aromatic carbocycles. The maximum atomic E-state index is 13.1. The Morgan fingerprint density at radius 2 is 2.29 bits per heavy atom. The molecule has 1 aromatic rings. The smallest absolute Gasteiger partial charge is 0.123 e. The summed E-state index contributed by atoms with van der Waals surface area (Å²) in [5.74, 6) is 1.59. The van der Waals surface area contributed by atoms with Crippen molar-refractivity contribution in [1.29, 1.82) is 0 Å². The molecule has 1 nitrogen and oxygen atoms in total. The van der Waals surface area contributed by atoms with Crippen molar-refractivity contribution in [3.8, 4) is 0 Å². The minimum absolute atomic E-state index is 0.243. The van der Waals surface area contributed by atoms with E-state index < -0.39 is 6.10 Å². The van der Waals surface area contributed by atoms with Gasteiger partial charge in [0.1, 0.15) is 5.82 Å². The van der Waals surface area contributed by atoms with Gasteiger partial charge >= 0.3 is 0 Å². The normalized spacial score (nSPS) is 21.5. The summed E-state index contributed by atoms with van der Waals surface area (Å²) >= 11 is 1.80. The third-order valence-corrected chi connectivity index (χ3v) is 3.63. The molecule has 0 amide bonds. The first-order valence-corrected chi connectivity index (χ1v) is 5.88. The van der Waals surface area contributed by atoms with Gasteiger partial charge in [0, 0.05) is 5.75 Å². The molecule has 0 saturated heterocycles. The van der Waals surface area contributed by atoms with Crippen molar-refractivity contribution in [3.63, 3.8) is 0 Å². The third kappa shape index (κ3) is 1.79. The molecule has 76 valence electrons. The third-order valence-electron chi connectivity index (χ3n) is 2.61. The molecule has 0 radical (unpaired) electrons. The molecule has 0 unspecified atom stereocenters. The van der Waals surface area contributed by atoms with Crippen LogP contribution in [0.4, 0.5) is 4.39 Å². The Hall–Kier alpha value is -0.540. The molecule has 1 N–H and O–H groups in total. The summed E-state index contributed by atoms with van der Waals surface area (Å²) in [7, 11) is 0. The first-order valence-electron chi connectivity index (χ1n) is 4.73. The summed E-state index contributed by atoms with van der Waals surface area (Å²) < 4.78 is 13.1. The van der Waals surface area contributed by atoms with Gasteiger partial charge in [-0.2, -0.15) is 11.8 Å². The van der Waals surface area contributed by atoms with E-state index in [1.54, 1.807) is 11.8 Å². The van der Waals surface area contributed by atoms with Gasteiger partial charge in [-0.15, -0.1) is 0 Å². The minimum atomic E-state index is -0.491. The highest BCUT2D eigenvalue weighted by atomic mass is 32.2. The lowest BCUT2D eigenvalue weighted by atomic mass is 9.97. The lowest BCUT2D eigenvalue weighted by molar-refractivity contribution is 0.174. The summed E-state index contributed by atoms with van der Waals surface area (Å²) in [5.41, 5.74) is 2.85. The van der Waals surface area contributed by atoms with Gasteiger partial charge < -0.3 is 5.11 Å². The van der Waals surface area contributed by atoms with Crippen LogP contribution in [0.2, 0.25) is 0 Å². The van der Waals surface area contributed by atoms with Gasteiger partial charge in [0.25, 0.3) is 0 Å². The van der Waals surface area contributed by atoms with Crippen molar-refractivity contribution in [2.24, 2.45) is 0 Å². The fourth-order valence-electron chi connectivity index (χ4n) is 1.82. The maximum Gasteiger partial charge on any atom is 0.123 e. The van der Waals surface area contributed by atoms with Crippen molar-refractivity contribution in [2.75, 3.05) is 5.75 Å². The summed E-state index contributed by atoms with van der Waals surface area (Å²) in [6.07, 6.45) is 0.231. The zero-order valence-electron chi connectivity index (χ0n) is 8.09. The standard InChI is InChI=1S/C11H13FOS/c1-7-4-8(12)5-9-10(7)6-14-3-2-11(9)13/h4-5,11,13H,2-3,6H2,1H3/t11-/m1/s1. The largest absolute Gasteiger partial charge is 0.388 e. The van der Waals surface area contributed by atoms with E-state index in [0.29, 0.717) is 0 Å². The molecular weight excluding hydrogens is 199 g/mol. The second-order valence-corrected chi connectivity index (χ2v) is 4.75. The summed E-state index contributed by atoms with van der Waals surface area (Å²) in [6.45, 7) is 1.90. The molecule has 1 aliphatic rings. The lowest BCUT2D eigenvalue weighted by Gasteiger charge is -2.13. The molecular formula is C11H13FOS. The van der Waals surface area contributed by atoms with E-state index in [-0.39, 0.29) is 5.82 Å². The Balaban J connectivity index is 2.53. The monoisotopic (exact) mass is 212 g/mol. The van der Waals surface area contributed by atoms with Crippen LogP contribution in [-0.2, 0) is 5.75 Å². The number of hydrogen-bond acceptors (Lipinski definition) is 2. The van der Waals surface area contributed by atoms with E-state index in [1.807, 2.05) is 6.92 Å². The number of thioether (sulfide) groups is 1. The second kappa shape index (κ2) is 3.91. The van der Waals surface area contributed by atoms with E-state index in [0.717, 1.165) is 34.6 Å². The van der Waals surface area contributed by atoms with E-state index in [4.69, 9.17) is 0 Å². The molecule has 0 fully saturated rings. The molecule has 0 spiro atoms. The van der Waals surface area contributed by atoms with Crippen LogP contribution in [0.3, 0.4) is 0 Å². The number of rotatable bonds is 0. The van der Waals surface area contributed by atoms with Crippen LogP contribution in [0.15, 0.2) is 12.1 Å². The van der Waals surface area contributed by atoms with E-state index in [1.165, 1.54) is 12.1 Å². The van der Waals surface area contributed by atoms with Crippen molar-refractivity contribution in [3.05, 3.63) is 34.6 Å². The van der Waals surface area contributed by atoms with Crippen LogP contribution in [0, 0.1) is 12.7 Å². The Morgan fingerprint density at radius 1 is 1.50 bits per heavy atom. The van der Waals surface area contributed by atoms with Gasteiger partial charge in [-0.25, -0.2) is 4.39 Å². The molecule has 0 bridgehead atoms. The number of aryl methyl sites for hydroxylation is 1. The van der Waals surface area contributed by atoms with Crippen molar-refractivity contribution in [1.82, 2.24) is 0 Å². The lowest BCUT2D eigenvalue weighted by Crippen LogP contribution is -2.02. The molecule has 0 aromatic heterocycles. The van der Waals surface area contributed by atoms with Gasteiger partial charge in [0.2, 0.25) is 0 Å². The van der Waals surface area contributed by atoms with Crippen molar-refractivity contribution in [2.45, 2.75) is 25.2 Å². The zero-order chi connectivity index (χ0) is 10.1. The van der Waals surface area contributed by atoms with Crippen LogP contribution in [-0.4, -0.2) is 10.9 Å². The highest BCUT2D eigenvalue weighted by Crippen LogP contribution is 2.32. The summed E-state index contributed by atoms with van der Waals surface area (Å²) in [5, 5.41) is 9.81. The predicted molar refractivity (Wildman–Crippen MR) is 56.9 cm³/mol. The van der Waals surface area contributed by atoms with Crippen molar-refractivity contribution >= 4 is 11.8 Å². The predicted octanol–water partition coefficient (Wildman–Crippen LogP) is 2.80. The molecule has 0 saturated carbocycles. The Kier molecular flexibility index (Phi) is 2.79. The molecule has 1 aliphatic heterocycles. The summed E-state index contributed by atoms with van der Waals surface area (Å²) in [4.78, 5) is 0. The minimum Gasteiger partial charge on any atom is -0.388 e. The number of aliphatic hydroxyl groups is 1.